The van der Waals surface area contributed by atoms with Crippen LogP contribution in [0.1, 0.15) is 0 Å². The first-order chi connectivity index (χ1) is 7.85. The molecule has 0 atom stereocenters. The second-order valence-electron chi connectivity index (χ2n) is 3.04. The first-order valence-electron chi connectivity index (χ1n) is 4.42. The molecule has 0 fully saturated rings. The minimum Gasteiger partial charge on any atom is -0.480 e. The Labute approximate surface area is 96.3 Å². The predicted octanol–water partition coefficient (Wildman–Crippen LogP) is 1.13. The fourth-order valence-electron chi connectivity index (χ4n) is 1.14. The lowest BCUT2D eigenvalue weighted by molar-refractivity contribution is -0.135. The van der Waals surface area contributed by atoms with Crippen molar-refractivity contribution in [1.82, 2.24) is 0 Å². The quantitative estimate of drug-likeness (QED) is 0.866. The molecule has 0 bridgehead atoms. The molecule has 0 heterocycles. The number of hydrogen-bond acceptors (Lipinski definition) is 3. The highest BCUT2D eigenvalue weighted by Gasteiger charge is 2.33. The molecule has 1 aromatic carbocycles. The summed E-state index contributed by atoms with van der Waals surface area (Å²) >= 11 is 0. The average molecular weight is 265 g/mol. The van der Waals surface area contributed by atoms with Crippen LogP contribution in [0.25, 0.3) is 0 Å². The number of anilines is 1. The van der Waals surface area contributed by atoms with E-state index in [1.807, 2.05) is 0 Å². The summed E-state index contributed by atoms with van der Waals surface area (Å²) in [6, 6.07) is 6.87. The molecule has 0 unspecified atom stereocenters. The predicted molar refractivity (Wildman–Crippen MR) is 56.3 cm³/mol. The lowest BCUT2D eigenvalue weighted by Crippen LogP contribution is -2.39. The summed E-state index contributed by atoms with van der Waals surface area (Å²) in [6.45, 7) is -1.04. The summed E-state index contributed by atoms with van der Waals surface area (Å²) in [4.78, 5) is 10.5. The van der Waals surface area contributed by atoms with Gasteiger partial charge in [-0.2, -0.15) is 8.78 Å². The monoisotopic (exact) mass is 265 g/mol. The summed E-state index contributed by atoms with van der Waals surface area (Å²) in [6.07, 6.45) is 0. The molecular formula is C9H9F2NO4S. The van der Waals surface area contributed by atoms with Crippen molar-refractivity contribution in [3.8, 4) is 0 Å². The van der Waals surface area contributed by atoms with Crippen molar-refractivity contribution in [2.24, 2.45) is 0 Å². The minimum atomic E-state index is -4.97. The number of carbonyl (C=O) groups is 1. The van der Waals surface area contributed by atoms with Gasteiger partial charge < -0.3 is 5.11 Å². The molecule has 8 heteroatoms. The maximum absolute atomic E-state index is 12.4. The van der Waals surface area contributed by atoms with E-state index in [9.17, 15) is 22.0 Å². The van der Waals surface area contributed by atoms with Gasteiger partial charge in [0.25, 0.3) is 10.0 Å². The maximum atomic E-state index is 12.4. The summed E-state index contributed by atoms with van der Waals surface area (Å²) < 4.78 is 47.5. The highest BCUT2D eigenvalue weighted by atomic mass is 32.2. The molecule has 0 aliphatic carbocycles. The van der Waals surface area contributed by atoms with Crippen LogP contribution in [0.5, 0.6) is 0 Å². The van der Waals surface area contributed by atoms with Crippen molar-refractivity contribution in [2.75, 3.05) is 10.8 Å². The number of sulfonamides is 1. The van der Waals surface area contributed by atoms with Crippen molar-refractivity contribution in [3.05, 3.63) is 30.3 Å². The van der Waals surface area contributed by atoms with Crippen LogP contribution in [0.4, 0.5) is 14.5 Å². The van der Waals surface area contributed by atoms with Crippen LogP contribution in [0.2, 0.25) is 0 Å². The van der Waals surface area contributed by atoms with Gasteiger partial charge >= 0.3 is 11.7 Å². The molecule has 1 aromatic rings. The van der Waals surface area contributed by atoms with Gasteiger partial charge in [-0.15, -0.1) is 0 Å². The highest BCUT2D eigenvalue weighted by molar-refractivity contribution is 7.93. The number of alkyl halides is 2. The first kappa shape index (κ1) is 13.4. The molecule has 0 aromatic heterocycles. The Morgan fingerprint density at radius 2 is 1.82 bits per heavy atom. The van der Waals surface area contributed by atoms with E-state index in [4.69, 9.17) is 5.11 Å². The van der Waals surface area contributed by atoms with Gasteiger partial charge in [0.1, 0.15) is 6.54 Å². The fraction of sp³-hybridized carbons (Fsp3) is 0.222. The van der Waals surface area contributed by atoms with Crippen LogP contribution in [-0.2, 0) is 14.8 Å². The molecule has 1 N–H and O–H groups in total. The lowest BCUT2D eigenvalue weighted by Gasteiger charge is -2.21. The van der Waals surface area contributed by atoms with Crippen LogP contribution in [0, 0.1) is 0 Å². The third-order valence-electron chi connectivity index (χ3n) is 1.86. The molecule has 0 aliphatic heterocycles. The van der Waals surface area contributed by atoms with Crippen molar-refractivity contribution in [2.45, 2.75) is 5.76 Å². The fourth-order valence-corrected chi connectivity index (χ4v) is 2.04. The Kier molecular flexibility index (Phi) is 4.00. The number of carboxylic acids is 1. The summed E-state index contributed by atoms with van der Waals surface area (Å²) in [5.41, 5.74) is -0.116. The molecule has 17 heavy (non-hydrogen) atoms. The van der Waals surface area contributed by atoms with Gasteiger partial charge in [0.15, 0.2) is 0 Å². The van der Waals surface area contributed by atoms with Crippen LogP contribution in [0.3, 0.4) is 0 Å². The number of nitrogens with zero attached hydrogens (tertiary/aromatic N) is 1. The Balaban J connectivity index is 3.19. The normalized spacial score (nSPS) is 11.5. The molecule has 0 aliphatic rings. The van der Waals surface area contributed by atoms with E-state index in [0.29, 0.717) is 0 Å². The number of aliphatic carboxylic acids is 1. The number of rotatable bonds is 5. The first-order valence-corrected chi connectivity index (χ1v) is 5.92. The van der Waals surface area contributed by atoms with Crippen LogP contribution in [0.15, 0.2) is 30.3 Å². The molecule has 0 saturated heterocycles. The Morgan fingerprint density at radius 3 is 2.24 bits per heavy atom. The van der Waals surface area contributed by atoms with E-state index in [1.165, 1.54) is 24.3 Å². The number of benzene rings is 1. The minimum absolute atomic E-state index is 0.116. The molecule has 0 spiro atoms. The van der Waals surface area contributed by atoms with E-state index < -0.39 is 28.3 Å². The Morgan fingerprint density at radius 1 is 1.29 bits per heavy atom. The third-order valence-corrected chi connectivity index (χ3v) is 3.26. The topological polar surface area (TPSA) is 74.7 Å². The highest BCUT2D eigenvalue weighted by Crippen LogP contribution is 2.21. The smallest absolute Gasteiger partial charge is 0.355 e. The van der Waals surface area contributed by atoms with Gasteiger partial charge in [0, 0.05) is 0 Å². The molecule has 0 amide bonds. The molecule has 1 rings (SSSR count). The number of hydrogen-bond donors (Lipinski definition) is 1. The number of carboxylic acid groups (broad SMARTS) is 1. The van der Waals surface area contributed by atoms with Crippen molar-refractivity contribution in [1.29, 1.82) is 0 Å². The van der Waals surface area contributed by atoms with Gasteiger partial charge in [-0.3, -0.25) is 9.10 Å². The van der Waals surface area contributed by atoms with Crippen molar-refractivity contribution in [3.63, 3.8) is 0 Å². The van der Waals surface area contributed by atoms with E-state index >= 15 is 0 Å². The van der Waals surface area contributed by atoms with Crippen molar-refractivity contribution >= 4 is 21.7 Å². The standard InChI is InChI=1S/C9H9F2NO4S/c10-9(11)17(15,16)12(6-8(13)14)7-4-2-1-3-5-7/h1-5,9H,6H2,(H,13,14). The van der Waals surface area contributed by atoms with Gasteiger partial charge in [-0.05, 0) is 12.1 Å². The largest absolute Gasteiger partial charge is 0.480 e. The summed E-state index contributed by atoms with van der Waals surface area (Å²) in [5, 5.41) is 8.54. The second-order valence-corrected chi connectivity index (χ2v) is 4.87. The number of para-hydroxylation sites is 1. The molecule has 5 nitrogen and oxygen atoms in total. The van der Waals surface area contributed by atoms with Crippen LogP contribution < -0.4 is 4.31 Å². The Bertz CT molecular complexity index is 489. The maximum Gasteiger partial charge on any atom is 0.355 e. The number of halogens is 2. The van der Waals surface area contributed by atoms with Crippen molar-refractivity contribution < 1.29 is 27.1 Å². The molecule has 0 radical (unpaired) electrons. The summed E-state index contributed by atoms with van der Waals surface area (Å²) in [7, 11) is -4.97. The Hall–Kier alpha value is -1.70. The molecular weight excluding hydrogens is 256 g/mol. The average Bonchev–Trinajstić information content (AvgIpc) is 2.26. The van der Waals surface area contributed by atoms with Gasteiger partial charge in [-0.25, -0.2) is 8.42 Å². The van der Waals surface area contributed by atoms with E-state index in [0.717, 1.165) is 0 Å². The SMILES string of the molecule is O=C(O)CN(c1ccccc1)S(=O)(=O)C(F)F. The zero-order valence-electron chi connectivity index (χ0n) is 8.45. The van der Waals surface area contributed by atoms with Gasteiger partial charge in [-0.1, -0.05) is 18.2 Å². The zero-order valence-corrected chi connectivity index (χ0v) is 9.27. The van der Waals surface area contributed by atoms with Gasteiger partial charge in [0.05, 0.1) is 5.69 Å². The molecule has 0 saturated carbocycles. The summed E-state index contributed by atoms with van der Waals surface area (Å²) in [5.74, 6) is -5.18. The molecule has 94 valence electrons. The van der Waals surface area contributed by atoms with E-state index in [1.54, 1.807) is 6.07 Å². The van der Waals surface area contributed by atoms with Crippen LogP contribution in [-0.4, -0.2) is 31.8 Å². The zero-order chi connectivity index (χ0) is 13.1. The second kappa shape index (κ2) is 5.09. The lowest BCUT2D eigenvalue weighted by atomic mass is 10.3. The third kappa shape index (κ3) is 3.13. The van der Waals surface area contributed by atoms with Crippen LogP contribution >= 0.6 is 0 Å². The van der Waals surface area contributed by atoms with E-state index in [2.05, 4.69) is 0 Å². The van der Waals surface area contributed by atoms with Gasteiger partial charge in [0.2, 0.25) is 0 Å². The van der Waals surface area contributed by atoms with E-state index in [-0.39, 0.29) is 9.99 Å².